The summed E-state index contributed by atoms with van der Waals surface area (Å²) in [6.45, 7) is 0.882. The minimum absolute atomic E-state index is 0. The molecule has 120 valence electrons. The number of fused-ring (bicyclic) bond motifs is 1. The number of aromatic nitrogens is 1. The summed E-state index contributed by atoms with van der Waals surface area (Å²) in [4.78, 5) is 16.9. The highest BCUT2D eigenvalue weighted by molar-refractivity contribution is 6.31. The largest absolute Gasteiger partial charge is 0.351 e. The van der Waals surface area contributed by atoms with E-state index in [1.165, 1.54) is 0 Å². The topological polar surface area (TPSA) is 68.0 Å². The molecule has 1 amide bonds. The second kappa shape index (κ2) is 7.97. The summed E-state index contributed by atoms with van der Waals surface area (Å²) in [5.41, 5.74) is 7.88. The van der Waals surface area contributed by atoms with Crippen LogP contribution >= 0.6 is 36.4 Å². The van der Waals surface area contributed by atoms with Crippen molar-refractivity contribution in [2.45, 2.75) is 18.8 Å². The van der Waals surface area contributed by atoms with Gasteiger partial charge in [-0.1, -0.05) is 11.6 Å². The average molecular weight is 363 g/mol. The highest BCUT2D eigenvalue weighted by Gasteiger charge is 2.26. The maximum absolute atomic E-state index is 12.3. The minimum atomic E-state index is -0.119. The molecule has 0 aliphatic heterocycles. The van der Waals surface area contributed by atoms with Gasteiger partial charge in [0.05, 0.1) is 11.1 Å². The van der Waals surface area contributed by atoms with E-state index in [4.69, 9.17) is 17.3 Å². The van der Waals surface area contributed by atoms with Crippen LogP contribution in [-0.2, 0) is 0 Å². The van der Waals surface area contributed by atoms with Crippen molar-refractivity contribution in [2.75, 3.05) is 13.1 Å². The predicted molar refractivity (Wildman–Crippen MR) is 94.6 cm³/mol. The number of rotatable bonds is 4. The summed E-state index contributed by atoms with van der Waals surface area (Å²) < 4.78 is 0. The Balaban J connectivity index is 0.00000121. The van der Waals surface area contributed by atoms with Crippen molar-refractivity contribution in [1.82, 2.24) is 10.3 Å². The van der Waals surface area contributed by atoms with Crippen molar-refractivity contribution >= 4 is 53.2 Å². The zero-order valence-electron chi connectivity index (χ0n) is 11.8. The molecule has 3 rings (SSSR count). The fourth-order valence-corrected chi connectivity index (χ4v) is 2.45. The van der Waals surface area contributed by atoms with Crippen LogP contribution in [0.4, 0.5) is 0 Å². The summed E-state index contributed by atoms with van der Waals surface area (Å²) >= 11 is 6.03. The summed E-state index contributed by atoms with van der Waals surface area (Å²) in [6.07, 6.45) is 2.30. The Morgan fingerprint density at radius 3 is 2.68 bits per heavy atom. The zero-order chi connectivity index (χ0) is 14.1. The highest BCUT2D eigenvalue weighted by Crippen LogP contribution is 2.40. The van der Waals surface area contributed by atoms with Gasteiger partial charge in [-0.3, -0.25) is 9.78 Å². The number of nitrogens with one attached hydrogen (secondary N) is 1. The molecule has 1 aliphatic carbocycles. The van der Waals surface area contributed by atoms with E-state index in [9.17, 15) is 4.79 Å². The van der Waals surface area contributed by atoms with Crippen molar-refractivity contribution in [3.8, 4) is 0 Å². The smallest absolute Gasteiger partial charge is 0.252 e. The lowest BCUT2D eigenvalue weighted by atomic mass is 10.1. The van der Waals surface area contributed by atoms with Gasteiger partial charge >= 0.3 is 0 Å². The van der Waals surface area contributed by atoms with E-state index in [-0.39, 0.29) is 30.7 Å². The summed E-state index contributed by atoms with van der Waals surface area (Å²) in [7, 11) is 0. The van der Waals surface area contributed by atoms with Crippen LogP contribution in [0.2, 0.25) is 5.02 Å². The third-order valence-electron chi connectivity index (χ3n) is 3.46. The second-order valence-corrected chi connectivity index (χ2v) is 5.51. The van der Waals surface area contributed by atoms with Crippen LogP contribution in [0.1, 0.15) is 34.8 Å². The number of nitrogens with zero attached hydrogens (tertiary/aromatic N) is 1. The maximum Gasteiger partial charge on any atom is 0.252 e. The van der Waals surface area contributed by atoms with E-state index < -0.39 is 0 Å². The third kappa shape index (κ3) is 4.02. The van der Waals surface area contributed by atoms with Crippen LogP contribution in [0, 0.1) is 0 Å². The standard InChI is InChI=1S/C15H16ClN3O.2ClH/c16-10-3-4-13-11(7-10)12(15(20)18-6-5-17)8-14(19-13)9-1-2-9;;/h3-4,7-9H,1-2,5-6,17H2,(H,18,20);2*1H. The van der Waals surface area contributed by atoms with Crippen molar-refractivity contribution < 1.29 is 4.79 Å². The van der Waals surface area contributed by atoms with E-state index in [1.54, 1.807) is 12.1 Å². The molecule has 1 aromatic carbocycles. The first kappa shape index (κ1) is 19.0. The van der Waals surface area contributed by atoms with E-state index in [0.29, 0.717) is 29.6 Å². The number of amides is 1. The quantitative estimate of drug-likeness (QED) is 0.877. The maximum atomic E-state index is 12.3. The lowest BCUT2D eigenvalue weighted by Gasteiger charge is -2.10. The Labute approximate surface area is 146 Å². The Hall–Kier alpha value is -1.07. The Morgan fingerprint density at radius 2 is 2.05 bits per heavy atom. The molecule has 3 N–H and O–H groups in total. The van der Waals surface area contributed by atoms with Crippen molar-refractivity contribution in [1.29, 1.82) is 0 Å². The fourth-order valence-electron chi connectivity index (χ4n) is 2.28. The molecule has 0 atom stereocenters. The van der Waals surface area contributed by atoms with Crippen molar-refractivity contribution in [3.63, 3.8) is 0 Å². The molecule has 7 heteroatoms. The normalized spacial score (nSPS) is 13.2. The molecule has 0 radical (unpaired) electrons. The Bertz CT molecular complexity index is 674. The SMILES string of the molecule is Cl.Cl.NCCNC(=O)c1cc(C2CC2)nc2ccc(Cl)cc12. The van der Waals surface area contributed by atoms with Gasteiger partial charge in [0.1, 0.15) is 0 Å². The first-order chi connectivity index (χ1) is 9.69. The summed E-state index contributed by atoms with van der Waals surface area (Å²) in [5.74, 6) is 0.378. The van der Waals surface area contributed by atoms with Gasteiger partial charge in [-0.15, -0.1) is 24.8 Å². The van der Waals surface area contributed by atoms with Crippen LogP contribution in [0.25, 0.3) is 10.9 Å². The summed E-state index contributed by atoms with van der Waals surface area (Å²) in [5, 5.41) is 4.20. The molecule has 4 nitrogen and oxygen atoms in total. The van der Waals surface area contributed by atoms with Crippen molar-refractivity contribution in [2.24, 2.45) is 5.73 Å². The van der Waals surface area contributed by atoms with Crippen LogP contribution in [0.15, 0.2) is 24.3 Å². The number of hydrogen-bond donors (Lipinski definition) is 2. The number of carbonyl (C=O) groups excluding carboxylic acids is 1. The second-order valence-electron chi connectivity index (χ2n) is 5.08. The molecule has 0 spiro atoms. The average Bonchev–Trinajstić information content (AvgIpc) is 3.28. The minimum Gasteiger partial charge on any atom is -0.351 e. The van der Waals surface area contributed by atoms with Gasteiger partial charge in [-0.2, -0.15) is 0 Å². The van der Waals surface area contributed by atoms with Gasteiger partial charge in [0.2, 0.25) is 0 Å². The monoisotopic (exact) mass is 361 g/mol. The number of halogens is 3. The van der Waals surface area contributed by atoms with Gasteiger partial charge < -0.3 is 11.1 Å². The lowest BCUT2D eigenvalue weighted by Crippen LogP contribution is -2.29. The first-order valence-electron chi connectivity index (χ1n) is 6.77. The molecular formula is C15H18Cl3N3O. The van der Waals surface area contributed by atoms with Gasteiger partial charge in [-0.05, 0) is 37.1 Å². The molecule has 0 saturated heterocycles. The first-order valence-corrected chi connectivity index (χ1v) is 7.15. The molecule has 0 unspecified atom stereocenters. The number of nitrogens with two attached hydrogens (primary N) is 1. The third-order valence-corrected chi connectivity index (χ3v) is 3.70. The highest BCUT2D eigenvalue weighted by atomic mass is 35.5. The molecule has 2 aromatic rings. The predicted octanol–water partition coefficient (Wildman–Crippen LogP) is 3.30. The van der Waals surface area contributed by atoms with E-state index >= 15 is 0 Å². The van der Waals surface area contributed by atoms with Gasteiger partial charge in [0.15, 0.2) is 0 Å². The van der Waals surface area contributed by atoms with E-state index in [2.05, 4.69) is 10.3 Å². The van der Waals surface area contributed by atoms with Crippen LogP contribution < -0.4 is 11.1 Å². The van der Waals surface area contributed by atoms with Crippen LogP contribution in [0.3, 0.4) is 0 Å². The molecule has 1 saturated carbocycles. The number of pyridine rings is 1. The molecule has 0 bridgehead atoms. The lowest BCUT2D eigenvalue weighted by molar-refractivity contribution is 0.0956. The number of benzene rings is 1. The number of carbonyl (C=O) groups is 1. The molecule has 1 fully saturated rings. The van der Waals surface area contributed by atoms with Gasteiger partial charge in [0.25, 0.3) is 5.91 Å². The molecular weight excluding hydrogens is 345 g/mol. The zero-order valence-corrected chi connectivity index (χ0v) is 14.2. The van der Waals surface area contributed by atoms with Crippen molar-refractivity contribution in [3.05, 3.63) is 40.5 Å². The Kier molecular flexibility index (Phi) is 6.88. The van der Waals surface area contributed by atoms with Gasteiger partial charge in [-0.25, -0.2) is 0 Å². The van der Waals surface area contributed by atoms with Crippen LogP contribution in [0.5, 0.6) is 0 Å². The molecule has 22 heavy (non-hydrogen) atoms. The van der Waals surface area contributed by atoms with E-state index in [1.807, 2.05) is 12.1 Å². The summed E-state index contributed by atoms with van der Waals surface area (Å²) in [6, 6.07) is 7.35. The van der Waals surface area contributed by atoms with E-state index in [0.717, 1.165) is 29.4 Å². The molecule has 1 aromatic heterocycles. The van der Waals surface area contributed by atoms with Gasteiger partial charge in [0, 0.05) is 35.1 Å². The molecule has 1 heterocycles. The Morgan fingerprint density at radius 1 is 1.32 bits per heavy atom. The number of hydrogen-bond acceptors (Lipinski definition) is 3. The fraction of sp³-hybridized carbons (Fsp3) is 0.333. The molecule has 1 aliphatic rings. The van der Waals surface area contributed by atoms with Crippen LogP contribution in [-0.4, -0.2) is 24.0 Å².